The summed E-state index contributed by atoms with van der Waals surface area (Å²) in [6.45, 7) is 6.28. The monoisotopic (exact) mass is 1140 g/mol. The molecule has 0 aliphatic heterocycles. The molecule has 0 fully saturated rings. The summed E-state index contributed by atoms with van der Waals surface area (Å²) in [6, 6.07) is 36.3. The molecule has 73 heavy (non-hydrogen) atoms. The van der Waals surface area contributed by atoms with Crippen molar-refractivity contribution in [2.24, 2.45) is 0 Å². The van der Waals surface area contributed by atoms with Crippen molar-refractivity contribution in [1.29, 1.82) is 0 Å². The van der Waals surface area contributed by atoms with E-state index in [0.717, 1.165) is 5.56 Å². The maximum Gasteiger partial charge on any atom is 0.323 e. The zero-order valence-corrected chi connectivity index (χ0v) is 41.4. The Bertz CT molecular complexity index is 5030. The van der Waals surface area contributed by atoms with Gasteiger partial charge in [0.2, 0.25) is 0 Å². The zero-order chi connectivity index (χ0) is 61.6. The van der Waals surface area contributed by atoms with Gasteiger partial charge in [0, 0.05) is 38.5 Å². The van der Waals surface area contributed by atoms with E-state index in [9.17, 15) is 0 Å². The molecule has 4 heterocycles. The summed E-state index contributed by atoms with van der Waals surface area (Å²) >= 11 is 0. The minimum absolute atomic E-state index is 0. The molecule has 0 unspecified atom stereocenters. The van der Waals surface area contributed by atoms with Crippen LogP contribution in [0.1, 0.15) is 46.9 Å². The van der Waals surface area contributed by atoms with Gasteiger partial charge in [-0.15, -0.1) is 18.2 Å². The second kappa shape index (κ2) is 18.2. The van der Waals surface area contributed by atoms with Crippen LogP contribution in [-0.2, 0) is 26.5 Å². The number of pyridine rings is 1. The Morgan fingerprint density at radius 3 is 1.88 bits per heavy atom. The van der Waals surface area contributed by atoms with E-state index in [1.807, 2.05) is 47.0 Å². The van der Waals surface area contributed by atoms with Crippen LogP contribution in [0.2, 0.25) is 0 Å². The van der Waals surface area contributed by atoms with Crippen molar-refractivity contribution >= 4 is 43.9 Å². The summed E-state index contributed by atoms with van der Waals surface area (Å²) in [5, 5.41) is 1.23. The largest absolute Gasteiger partial charge is 0.323 e. The maximum atomic E-state index is 15.6. The fourth-order valence-electron chi connectivity index (χ4n) is 9.52. The smallest absolute Gasteiger partial charge is 0.319 e. The summed E-state index contributed by atoms with van der Waals surface area (Å²) in [5.41, 5.74) is 4.40. The molecule has 354 valence electrons. The van der Waals surface area contributed by atoms with Crippen molar-refractivity contribution in [1.82, 2.24) is 23.3 Å². The van der Waals surface area contributed by atoms with Gasteiger partial charge in [-0.25, -0.2) is 9.78 Å². The molecule has 0 radical (unpaired) electrons. The molecule has 0 aliphatic rings. The van der Waals surface area contributed by atoms with Crippen LogP contribution in [0.15, 0.2) is 229 Å². The van der Waals surface area contributed by atoms with Crippen molar-refractivity contribution in [3.8, 4) is 61.9 Å². The minimum Gasteiger partial charge on any atom is -0.319 e. The van der Waals surface area contributed by atoms with Crippen LogP contribution in [0.25, 0.3) is 106 Å². The standard InChI is InChI=1S/C65H46N6O.Pt/c1-65(2,3)48-36-37-66-62(39-48)71-56-35-34-47(44-20-8-4-9-21-44)38-54(56)55-41-60-61(42-59(55)71)70(64(72)69(60)49-26-14-7-15-27-49)51-29-18-28-50(40-51)67-43-68(58-33-17-16-32-57(58)67)63-52(45-22-10-5-11-23-45)30-19-31-53(63)46-24-12-6-13-25-46;/h4-39,41H,1-3H3;/q-2;/i4D,5D,6D,8D,9D,10D,11D,12D,13D,20D,21D,22D,23D,24D,25D;. The fourth-order valence-corrected chi connectivity index (χ4v) is 9.52. The van der Waals surface area contributed by atoms with Crippen LogP contribution in [0.4, 0.5) is 0 Å². The molecule has 0 saturated heterocycles. The van der Waals surface area contributed by atoms with E-state index in [1.54, 1.807) is 98.8 Å². The molecule has 8 heteroatoms. The Kier molecular flexibility index (Phi) is 7.89. The first-order valence-corrected chi connectivity index (χ1v) is 23.0. The maximum absolute atomic E-state index is 15.6. The Labute approximate surface area is 458 Å². The van der Waals surface area contributed by atoms with E-state index in [0.29, 0.717) is 66.6 Å². The molecule has 0 N–H and O–H groups in total. The SMILES string of the molecule is [2H]c1c([2H])c([2H])c(-c2ccc3c(c2)c2cc4c([c-]c2n3-c2cc(C(C)(C)C)ccn2)n(-c2[c-]c(-n3[c-][n+](-c5c(-c6c([2H])c([2H])c([2H])c([2H])c6[2H])cccc5-c5c([2H])c([2H])c([2H])c([2H])c5[2H])c5ccccc53)ccc2)c(=O)n4-c2ccccc2)c([2H])c1[2H].[Pt]. The fraction of sp³-hybridized carbons (Fsp3) is 0.0615. The van der Waals surface area contributed by atoms with Gasteiger partial charge in [0.25, 0.3) is 6.33 Å². The van der Waals surface area contributed by atoms with Crippen molar-refractivity contribution in [3.05, 3.63) is 259 Å². The van der Waals surface area contributed by atoms with Crippen LogP contribution in [-0.4, -0.2) is 23.3 Å². The van der Waals surface area contributed by atoms with E-state index >= 15 is 4.79 Å². The van der Waals surface area contributed by atoms with Gasteiger partial charge in [-0.05, 0) is 96.8 Å². The molecular formula is C65H46N6OPt-2. The third-order valence-corrected chi connectivity index (χ3v) is 12.9. The molecular weight excluding hydrogens is 1080 g/mol. The van der Waals surface area contributed by atoms with Crippen LogP contribution in [0, 0.1) is 18.5 Å². The van der Waals surface area contributed by atoms with Crippen LogP contribution < -0.4 is 10.3 Å². The number of aromatic nitrogens is 6. The first-order valence-electron chi connectivity index (χ1n) is 30.5. The van der Waals surface area contributed by atoms with Gasteiger partial charge in [0.15, 0.2) is 0 Å². The Morgan fingerprint density at radius 1 is 0.534 bits per heavy atom. The number of para-hydroxylation sites is 4. The predicted octanol–water partition coefficient (Wildman–Crippen LogP) is 14.2. The second-order valence-electron chi connectivity index (χ2n) is 18.2. The van der Waals surface area contributed by atoms with Gasteiger partial charge in [-0.2, -0.15) is 18.2 Å². The van der Waals surface area contributed by atoms with Gasteiger partial charge < -0.3 is 18.3 Å². The third-order valence-electron chi connectivity index (χ3n) is 12.9. The number of hydrogen-bond acceptors (Lipinski definition) is 2. The average Bonchev–Trinajstić information content (AvgIpc) is 1.64. The van der Waals surface area contributed by atoms with Crippen molar-refractivity contribution in [2.75, 3.05) is 0 Å². The third kappa shape index (κ3) is 7.76. The molecule has 7 nitrogen and oxygen atoms in total. The average molecular weight is 1140 g/mol. The Morgan fingerprint density at radius 2 is 1.18 bits per heavy atom. The second-order valence-corrected chi connectivity index (χ2v) is 18.2. The first kappa shape index (κ1) is 31.6. The van der Waals surface area contributed by atoms with Crippen molar-refractivity contribution in [2.45, 2.75) is 26.2 Å². The summed E-state index contributed by atoms with van der Waals surface area (Å²) < 4.78 is 139. The van der Waals surface area contributed by atoms with E-state index in [4.69, 9.17) is 25.5 Å². The number of nitrogens with zero attached hydrogens (tertiary/aromatic N) is 6. The number of imidazole rings is 2. The predicted molar refractivity (Wildman–Crippen MR) is 291 cm³/mol. The topological polar surface area (TPSA) is 53.6 Å². The Hall–Kier alpha value is -8.64. The van der Waals surface area contributed by atoms with Gasteiger partial charge in [-0.1, -0.05) is 201 Å². The molecule has 0 saturated carbocycles. The number of fused-ring (bicyclic) bond motifs is 5. The normalized spacial score (nSPS) is 14.6. The van der Waals surface area contributed by atoms with E-state index in [-0.39, 0.29) is 77.8 Å². The molecule has 13 aromatic rings. The van der Waals surface area contributed by atoms with Crippen LogP contribution in [0.3, 0.4) is 0 Å². The first-order chi connectivity index (χ1) is 41.5. The molecule has 0 bridgehead atoms. The number of benzene rings is 9. The molecule has 0 spiro atoms. The summed E-state index contributed by atoms with van der Waals surface area (Å²) in [5.74, 6) is 0.532. The van der Waals surface area contributed by atoms with E-state index in [1.165, 1.54) is 10.6 Å². The quantitative estimate of drug-likeness (QED) is 0.112. The minimum atomic E-state index is -0.620. The van der Waals surface area contributed by atoms with E-state index < -0.39 is 84.2 Å². The molecule has 0 atom stereocenters. The van der Waals surface area contributed by atoms with Gasteiger partial charge in [0.05, 0.1) is 37.3 Å². The Balaban J connectivity index is 0.00000754. The van der Waals surface area contributed by atoms with Crippen LogP contribution in [0.5, 0.6) is 0 Å². The van der Waals surface area contributed by atoms with E-state index in [2.05, 4.69) is 39.2 Å². The van der Waals surface area contributed by atoms with Gasteiger partial charge >= 0.3 is 5.69 Å². The molecule has 13 rings (SSSR count). The zero-order valence-electron chi connectivity index (χ0n) is 54.1. The van der Waals surface area contributed by atoms with Gasteiger partial charge in [-0.3, -0.25) is 4.57 Å². The van der Waals surface area contributed by atoms with Crippen molar-refractivity contribution < 1.29 is 46.2 Å². The molecule has 9 aromatic carbocycles. The number of hydrogen-bond donors (Lipinski definition) is 0. The molecule has 0 amide bonds. The number of rotatable bonds is 8. The summed E-state index contributed by atoms with van der Waals surface area (Å²) in [7, 11) is 0. The summed E-state index contributed by atoms with van der Waals surface area (Å²) in [4.78, 5) is 20.5. The van der Waals surface area contributed by atoms with Crippen LogP contribution >= 0.6 is 0 Å². The van der Waals surface area contributed by atoms with Crippen molar-refractivity contribution in [3.63, 3.8) is 0 Å². The van der Waals surface area contributed by atoms with Gasteiger partial charge in [0.1, 0.15) is 5.82 Å². The molecule has 4 aromatic heterocycles. The summed E-state index contributed by atoms with van der Waals surface area (Å²) in [6.07, 6.45) is 5.13. The molecule has 0 aliphatic carbocycles.